The van der Waals surface area contributed by atoms with Crippen molar-refractivity contribution in [1.29, 1.82) is 0 Å². The van der Waals surface area contributed by atoms with Gasteiger partial charge in [0.1, 0.15) is 11.3 Å². The summed E-state index contributed by atoms with van der Waals surface area (Å²) in [6.07, 6.45) is 0. The van der Waals surface area contributed by atoms with E-state index in [0.29, 0.717) is 16.7 Å². The van der Waals surface area contributed by atoms with Crippen LogP contribution in [0.4, 0.5) is 5.69 Å². The zero-order valence-corrected chi connectivity index (χ0v) is 15.2. The number of anilines is 1. The van der Waals surface area contributed by atoms with E-state index in [0.717, 1.165) is 0 Å². The highest BCUT2D eigenvalue weighted by Crippen LogP contribution is 2.28. The maximum absolute atomic E-state index is 13.2. The van der Waals surface area contributed by atoms with Gasteiger partial charge in [0.15, 0.2) is 0 Å². The summed E-state index contributed by atoms with van der Waals surface area (Å²) in [4.78, 5) is 11.4. The molecule has 0 atom stereocenters. The minimum Gasteiger partial charge on any atom is -0.508 e. The minimum absolute atomic E-state index is 0.00765. The molecule has 0 amide bonds. The van der Waals surface area contributed by atoms with E-state index in [-0.39, 0.29) is 23.1 Å². The molecule has 0 unspecified atom stereocenters. The first-order valence-corrected chi connectivity index (χ1v) is 9.57. The Bertz CT molecular complexity index is 1100. The number of sulfonamides is 1. The fourth-order valence-corrected chi connectivity index (χ4v) is 4.32. The number of phenolic OH excluding ortho intramolecular Hbond substituents is 1. The Hall–Kier alpha value is -2.80. The molecule has 0 saturated heterocycles. The number of nitrogens with zero attached hydrogens (tertiary/aromatic N) is 1. The predicted molar refractivity (Wildman–Crippen MR) is 100.0 cm³/mol. The van der Waals surface area contributed by atoms with Crippen LogP contribution in [0.1, 0.15) is 13.8 Å². The quantitative estimate of drug-likeness (QED) is 0.693. The lowest BCUT2D eigenvalue weighted by Gasteiger charge is -2.26. The van der Waals surface area contributed by atoms with Crippen molar-refractivity contribution in [3.63, 3.8) is 0 Å². The average molecular weight is 373 g/mol. The molecule has 0 bridgehead atoms. The van der Waals surface area contributed by atoms with Crippen molar-refractivity contribution in [3.8, 4) is 5.75 Å². The summed E-state index contributed by atoms with van der Waals surface area (Å²) < 4.78 is 32.8. The summed E-state index contributed by atoms with van der Waals surface area (Å²) in [7, 11) is -3.87. The van der Waals surface area contributed by atoms with Gasteiger partial charge in [0.25, 0.3) is 10.0 Å². The lowest BCUT2D eigenvalue weighted by molar-refractivity contribution is 0.475. The van der Waals surface area contributed by atoms with Crippen LogP contribution in [-0.4, -0.2) is 20.1 Å². The van der Waals surface area contributed by atoms with Crippen LogP contribution in [0.5, 0.6) is 5.75 Å². The Morgan fingerprint density at radius 3 is 2.54 bits per heavy atom. The summed E-state index contributed by atoms with van der Waals surface area (Å²) in [6, 6.07) is 13.3. The highest BCUT2D eigenvalue weighted by molar-refractivity contribution is 7.92. The Labute approximate surface area is 151 Å². The molecule has 136 valence electrons. The number of rotatable bonds is 5. The molecule has 0 radical (unpaired) electrons. The molecule has 3 aromatic rings. The lowest BCUT2D eigenvalue weighted by atomic mass is 10.2. The van der Waals surface area contributed by atoms with Crippen molar-refractivity contribution in [2.24, 2.45) is 5.92 Å². The Balaban J connectivity index is 2.13. The Morgan fingerprint density at radius 1 is 1.08 bits per heavy atom. The lowest BCUT2D eigenvalue weighted by Crippen LogP contribution is -2.34. The zero-order chi connectivity index (χ0) is 18.9. The molecule has 0 fully saturated rings. The average Bonchev–Trinajstić information content (AvgIpc) is 2.58. The topological polar surface area (TPSA) is 87.8 Å². The third-order valence-corrected chi connectivity index (χ3v) is 5.62. The third-order valence-electron chi connectivity index (χ3n) is 3.83. The van der Waals surface area contributed by atoms with Crippen molar-refractivity contribution in [2.45, 2.75) is 18.7 Å². The van der Waals surface area contributed by atoms with Crippen molar-refractivity contribution in [2.75, 3.05) is 10.8 Å². The standard InChI is InChI=1S/C19H19NO5S/c1-13(2)12-20(15-4-3-5-16(21)11-15)26(23,24)17-7-8-18-14(10-17)6-9-19(22)25-18/h3-11,13,21H,12H2,1-2H3. The Kier molecular flexibility index (Phi) is 4.73. The first-order chi connectivity index (χ1) is 12.3. The second kappa shape index (κ2) is 6.84. The van der Waals surface area contributed by atoms with Gasteiger partial charge in [-0.15, -0.1) is 0 Å². The molecule has 7 heteroatoms. The number of benzene rings is 2. The third kappa shape index (κ3) is 3.57. The first kappa shape index (κ1) is 18.0. The highest BCUT2D eigenvalue weighted by atomic mass is 32.2. The Morgan fingerprint density at radius 2 is 1.85 bits per heavy atom. The van der Waals surface area contributed by atoms with Gasteiger partial charge in [-0.05, 0) is 42.3 Å². The van der Waals surface area contributed by atoms with Crippen molar-refractivity contribution >= 4 is 26.7 Å². The van der Waals surface area contributed by atoms with Gasteiger partial charge in [0, 0.05) is 24.1 Å². The molecule has 3 rings (SSSR count). The van der Waals surface area contributed by atoms with Crippen molar-refractivity contribution < 1.29 is 17.9 Å². The van der Waals surface area contributed by atoms with Crippen LogP contribution >= 0.6 is 0 Å². The maximum Gasteiger partial charge on any atom is 0.336 e. The van der Waals surface area contributed by atoms with Crippen LogP contribution in [0.3, 0.4) is 0 Å². The van der Waals surface area contributed by atoms with E-state index in [1.54, 1.807) is 12.1 Å². The van der Waals surface area contributed by atoms with Crippen LogP contribution in [0, 0.1) is 5.92 Å². The van der Waals surface area contributed by atoms with Gasteiger partial charge in [0.05, 0.1) is 10.6 Å². The van der Waals surface area contributed by atoms with E-state index in [9.17, 15) is 18.3 Å². The summed E-state index contributed by atoms with van der Waals surface area (Å²) in [5, 5.41) is 10.3. The molecule has 26 heavy (non-hydrogen) atoms. The molecule has 2 aromatic carbocycles. The number of hydrogen-bond acceptors (Lipinski definition) is 5. The van der Waals surface area contributed by atoms with Crippen LogP contribution < -0.4 is 9.93 Å². The van der Waals surface area contributed by atoms with Crippen LogP contribution in [0.25, 0.3) is 11.0 Å². The zero-order valence-electron chi connectivity index (χ0n) is 14.4. The number of phenols is 1. The van der Waals surface area contributed by atoms with Crippen molar-refractivity contribution in [1.82, 2.24) is 0 Å². The largest absolute Gasteiger partial charge is 0.508 e. The van der Waals surface area contributed by atoms with Crippen molar-refractivity contribution in [3.05, 3.63) is 65.0 Å². The number of hydrogen-bond donors (Lipinski definition) is 1. The molecular weight excluding hydrogens is 354 g/mol. The van der Waals surface area contributed by atoms with Crippen LogP contribution in [0.2, 0.25) is 0 Å². The van der Waals surface area contributed by atoms with E-state index in [2.05, 4.69) is 0 Å². The molecule has 0 aliphatic carbocycles. The normalized spacial score (nSPS) is 11.8. The van der Waals surface area contributed by atoms with E-state index in [1.807, 2.05) is 13.8 Å². The maximum atomic E-state index is 13.2. The van der Waals surface area contributed by atoms with Gasteiger partial charge in [-0.25, -0.2) is 13.2 Å². The molecule has 0 spiro atoms. The van der Waals surface area contributed by atoms with E-state index < -0.39 is 15.6 Å². The molecule has 1 N–H and O–H groups in total. The first-order valence-electron chi connectivity index (χ1n) is 8.13. The van der Waals surface area contributed by atoms with E-state index >= 15 is 0 Å². The summed E-state index contributed by atoms with van der Waals surface area (Å²) in [6.45, 7) is 4.09. The highest BCUT2D eigenvalue weighted by Gasteiger charge is 2.26. The summed E-state index contributed by atoms with van der Waals surface area (Å²) >= 11 is 0. The molecule has 0 saturated carbocycles. The van der Waals surface area contributed by atoms with Crippen LogP contribution in [0.15, 0.2) is 68.7 Å². The summed E-state index contributed by atoms with van der Waals surface area (Å²) in [5.74, 6) is 0.0670. The fourth-order valence-electron chi connectivity index (χ4n) is 2.66. The molecule has 0 aliphatic rings. The van der Waals surface area contributed by atoms with Gasteiger partial charge >= 0.3 is 5.63 Å². The molecule has 1 aromatic heterocycles. The fraction of sp³-hybridized carbons (Fsp3) is 0.211. The van der Waals surface area contributed by atoms with Crippen LogP contribution in [-0.2, 0) is 10.0 Å². The van der Waals surface area contributed by atoms with E-state index in [1.165, 1.54) is 46.8 Å². The molecule has 0 aliphatic heterocycles. The van der Waals surface area contributed by atoms with Gasteiger partial charge < -0.3 is 9.52 Å². The number of aromatic hydroxyl groups is 1. The predicted octanol–water partition coefficient (Wildman–Crippen LogP) is 3.35. The van der Waals surface area contributed by atoms with Gasteiger partial charge in [-0.3, -0.25) is 4.31 Å². The van der Waals surface area contributed by atoms with Gasteiger partial charge in [0.2, 0.25) is 0 Å². The minimum atomic E-state index is -3.87. The smallest absolute Gasteiger partial charge is 0.336 e. The molecule has 1 heterocycles. The monoisotopic (exact) mass is 373 g/mol. The second-order valence-corrected chi connectivity index (χ2v) is 8.27. The van der Waals surface area contributed by atoms with E-state index in [4.69, 9.17) is 4.42 Å². The second-order valence-electron chi connectivity index (χ2n) is 6.40. The van der Waals surface area contributed by atoms with Gasteiger partial charge in [-0.2, -0.15) is 0 Å². The molecule has 6 nitrogen and oxygen atoms in total. The van der Waals surface area contributed by atoms with Gasteiger partial charge in [-0.1, -0.05) is 19.9 Å². The molecular formula is C19H19NO5S. The number of fused-ring (bicyclic) bond motifs is 1. The SMILES string of the molecule is CC(C)CN(c1cccc(O)c1)S(=O)(=O)c1ccc2oc(=O)ccc2c1. The summed E-state index contributed by atoms with van der Waals surface area (Å²) in [5.41, 5.74) is 0.219.